The quantitative estimate of drug-likeness (QED) is 0.197. The zero-order valence-corrected chi connectivity index (χ0v) is 24.8. The Kier molecular flexibility index (Phi) is 13.6. The minimum absolute atomic E-state index is 0.0646. The zero-order chi connectivity index (χ0) is 33.0. The van der Waals surface area contributed by atoms with E-state index in [4.69, 9.17) is 5.73 Å². The first kappa shape index (κ1) is 36.1. The number of Topliss-reactive ketones (excluding diaryl/α,β-unsaturated/α-hetero) is 2. The van der Waals surface area contributed by atoms with Crippen LogP contribution in [0.5, 0.6) is 0 Å². The third-order valence-electron chi connectivity index (χ3n) is 7.22. The molecule has 0 spiro atoms. The van der Waals surface area contributed by atoms with Crippen LogP contribution in [-0.4, -0.2) is 63.7 Å². The summed E-state index contributed by atoms with van der Waals surface area (Å²) < 4.78 is 39.5. The number of rotatable bonds is 17. The van der Waals surface area contributed by atoms with Crippen molar-refractivity contribution in [3.8, 4) is 0 Å². The van der Waals surface area contributed by atoms with Gasteiger partial charge in [-0.25, -0.2) is 0 Å². The van der Waals surface area contributed by atoms with Crippen LogP contribution in [0.15, 0.2) is 54.9 Å². The lowest BCUT2D eigenvalue weighted by Crippen LogP contribution is -2.52. The topological polar surface area (TPSA) is 169 Å². The highest BCUT2D eigenvalue weighted by atomic mass is 19.4. The van der Waals surface area contributed by atoms with Crippen molar-refractivity contribution < 1.29 is 42.3 Å². The van der Waals surface area contributed by atoms with E-state index >= 15 is 0 Å². The van der Waals surface area contributed by atoms with Gasteiger partial charge in [0.2, 0.25) is 17.7 Å². The van der Waals surface area contributed by atoms with E-state index < -0.39 is 79.0 Å². The maximum Gasteiger partial charge on any atom is 0.416 e. The van der Waals surface area contributed by atoms with E-state index in [0.29, 0.717) is 11.1 Å². The van der Waals surface area contributed by atoms with Gasteiger partial charge in [0.05, 0.1) is 12.1 Å². The third kappa shape index (κ3) is 11.5. The first-order chi connectivity index (χ1) is 20.6. The van der Waals surface area contributed by atoms with E-state index in [-0.39, 0.29) is 24.5 Å². The van der Waals surface area contributed by atoms with Crippen molar-refractivity contribution in [2.75, 3.05) is 0 Å². The van der Waals surface area contributed by atoms with Crippen molar-refractivity contribution in [2.45, 2.75) is 77.2 Å². The SMILES string of the molecule is CC(C)[C@H](CC(=O)c1cccnc1)C(=O)N[C@@H](Cc1ccccc1)C(=O)C[C@@H](C)C(=O)NC(CCC(N)=O)C(O)C(F)(F)F. The summed E-state index contributed by atoms with van der Waals surface area (Å²) in [4.78, 5) is 67.6. The summed E-state index contributed by atoms with van der Waals surface area (Å²) in [6, 6.07) is 8.98. The van der Waals surface area contributed by atoms with E-state index in [2.05, 4.69) is 15.6 Å². The fraction of sp³-hybridized carbons (Fsp3) is 0.484. The van der Waals surface area contributed by atoms with Crippen molar-refractivity contribution in [1.82, 2.24) is 15.6 Å². The Hall–Kier alpha value is -4.13. The predicted octanol–water partition coefficient (Wildman–Crippen LogP) is 2.92. The molecule has 1 aromatic carbocycles. The number of primary amides is 1. The third-order valence-corrected chi connectivity index (χ3v) is 7.22. The number of aromatic nitrogens is 1. The van der Waals surface area contributed by atoms with Gasteiger partial charge in [-0.1, -0.05) is 51.1 Å². The van der Waals surface area contributed by atoms with Gasteiger partial charge in [0, 0.05) is 49.1 Å². The number of alkyl halides is 3. The maximum absolute atomic E-state index is 13.5. The van der Waals surface area contributed by atoms with Crippen LogP contribution in [0.1, 0.15) is 62.4 Å². The Bertz CT molecular complexity index is 1270. The number of pyridine rings is 1. The lowest BCUT2D eigenvalue weighted by atomic mass is 9.87. The first-order valence-electron chi connectivity index (χ1n) is 14.2. The molecular weight excluding hydrogens is 581 g/mol. The van der Waals surface area contributed by atoms with E-state index in [1.165, 1.54) is 19.3 Å². The van der Waals surface area contributed by atoms with E-state index in [1.807, 2.05) is 0 Å². The van der Waals surface area contributed by atoms with Crippen molar-refractivity contribution in [3.63, 3.8) is 0 Å². The van der Waals surface area contributed by atoms with Crippen LogP contribution in [0.4, 0.5) is 13.2 Å². The summed E-state index contributed by atoms with van der Waals surface area (Å²) >= 11 is 0. The molecule has 0 aliphatic carbocycles. The van der Waals surface area contributed by atoms with Crippen LogP contribution in [0, 0.1) is 17.8 Å². The smallest absolute Gasteiger partial charge is 0.382 e. The molecule has 44 heavy (non-hydrogen) atoms. The van der Waals surface area contributed by atoms with Crippen LogP contribution in [0.25, 0.3) is 0 Å². The van der Waals surface area contributed by atoms with Crippen molar-refractivity contribution in [3.05, 3.63) is 66.0 Å². The molecule has 0 aliphatic rings. The highest BCUT2D eigenvalue weighted by molar-refractivity contribution is 5.99. The number of benzene rings is 1. The second-order valence-corrected chi connectivity index (χ2v) is 11.1. The number of hydrogen-bond acceptors (Lipinski definition) is 7. The molecular formula is C31H39F3N4O6. The maximum atomic E-state index is 13.5. The van der Waals surface area contributed by atoms with Crippen LogP contribution in [0.3, 0.4) is 0 Å². The molecule has 3 amide bonds. The molecule has 0 aliphatic heterocycles. The van der Waals surface area contributed by atoms with Gasteiger partial charge in [0.25, 0.3) is 0 Å². The highest BCUT2D eigenvalue weighted by Gasteiger charge is 2.44. The van der Waals surface area contributed by atoms with Crippen LogP contribution in [0.2, 0.25) is 0 Å². The van der Waals surface area contributed by atoms with Gasteiger partial charge >= 0.3 is 6.18 Å². The molecule has 0 bridgehead atoms. The molecule has 10 nitrogen and oxygen atoms in total. The number of amides is 3. The molecule has 5 atom stereocenters. The monoisotopic (exact) mass is 620 g/mol. The molecule has 5 N–H and O–H groups in total. The molecule has 2 rings (SSSR count). The highest BCUT2D eigenvalue weighted by Crippen LogP contribution is 2.25. The second kappa shape index (κ2) is 16.6. The number of carbonyl (C=O) groups excluding carboxylic acids is 5. The lowest BCUT2D eigenvalue weighted by Gasteiger charge is -2.27. The molecule has 0 saturated heterocycles. The van der Waals surface area contributed by atoms with E-state index in [1.54, 1.807) is 56.3 Å². The zero-order valence-electron chi connectivity index (χ0n) is 24.8. The normalized spacial score (nSPS) is 15.0. The predicted molar refractivity (Wildman–Crippen MR) is 155 cm³/mol. The number of carbonyl (C=O) groups is 5. The van der Waals surface area contributed by atoms with Crippen molar-refractivity contribution >= 4 is 29.3 Å². The molecule has 1 aromatic heterocycles. The van der Waals surface area contributed by atoms with Crippen molar-refractivity contribution in [2.24, 2.45) is 23.5 Å². The minimum atomic E-state index is -5.08. The molecule has 0 radical (unpaired) electrons. The molecule has 2 unspecified atom stereocenters. The van der Waals surface area contributed by atoms with Gasteiger partial charge in [0.1, 0.15) is 0 Å². The molecule has 0 fully saturated rings. The van der Waals surface area contributed by atoms with Crippen LogP contribution < -0.4 is 16.4 Å². The van der Waals surface area contributed by atoms with E-state index in [9.17, 15) is 42.3 Å². The number of halogens is 3. The summed E-state index contributed by atoms with van der Waals surface area (Å²) in [5.41, 5.74) is 6.07. The van der Waals surface area contributed by atoms with Gasteiger partial charge in [-0.05, 0) is 36.5 Å². The number of ketones is 2. The second-order valence-electron chi connectivity index (χ2n) is 11.1. The largest absolute Gasteiger partial charge is 0.416 e. The Morgan fingerprint density at radius 3 is 2.14 bits per heavy atom. The van der Waals surface area contributed by atoms with Gasteiger partial charge < -0.3 is 21.5 Å². The number of nitrogens with zero attached hydrogens (tertiary/aromatic N) is 1. The number of nitrogens with two attached hydrogens (primary N) is 1. The number of hydrogen-bond donors (Lipinski definition) is 4. The Morgan fingerprint density at radius 2 is 1.59 bits per heavy atom. The first-order valence-corrected chi connectivity index (χ1v) is 14.2. The van der Waals surface area contributed by atoms with Crippen LogP contribution >= 0.6 is 0 Å². The van der Waals surface area contributed by atoms with Gasteiger partial charge in [-0.3, -0.25) is 29.0 Å². The number of aliphatic hydroxyl groups is 1. The average molecular weight is 621 g/mol. The standard InChI is InChI=1S/C31H39F3N4O6/c1-18(2)22(16-25(39)21-10-7-13-36-17-21)30(44)38-24(15-20-8-5-4-6-9-20)26(40)14-19(3)29(43)37-23(11-12-27(35)41)28(42)31(32,33)34/h4-10,13,17-19,22-24,28,42H,11-12,14-16H2,1-3H3,(H2,35,41)(H,37,43)(H,38,44)/t19-,22+,23?,24+,28?/m1/s1. The molecule has 240 valence electrons. The number of aliphatic hydroxyl groups excluding tert-OH is 1. The minimum Gasteiger partial charge on any atom is -0.382 e. The van der Waals surface area contributed by atoms with Crippen molar-refractivity contribution in [1.29, 1.82) is 0 Å². The Labute approximate surface area is 254 Å². The van der Waals surface area contributed by atoms with Gasteiger partial charge in [0.15, 0.2) is 17.7 Å². The molecule has 1 heterocycles. The van der Waals surface area contributed by atoms with Crippen LogP contribution in [-0.2, 0) is 25.6 Å². The van der Waals surface area contributed by atoms with E-state index in [0.717, 1.165) is 0 Å². The summed E-state index contributed by atoms with van der Waals surface area (Å²) in [6.07, 6.45) is -6.71. The summed E-state index contributed by atoms with van der Waals surface area (Å²) in [5.74, 6) is -5.47. The fourth-order valence-corrected chi connectivity index (χ4v) is 4.55. The lowest BCUT2D eigenvalue weighted by molar-refractivity contribution is -0.213. The molecule has 0 saturated carbocycles. The number of nitrogens with one attached hydrogen (secondary N) is 2. The molecule has 2 aromatic rings. The summed E-state index contributed by atoms with van der Waals surface area (Å²) in [7, 11) is 0. The molecule has 13 heteroatoms. The summed E-state index contributed by atoms with van der Waals surface area (Å²) in [6.45, 7) is 4.86. The average Bonchev–Trinajstić information content (AvgIpc) is 2.97. The summed E-state index contributed by atoms with van der Waals surface area (Å²) in [5, 5.41) is 14.5. The Morgan fingerprint density at radius 1 is 0.932 bits per heavy atom. The van der Waals surface area contributed by atoms with Gasteiger partial charge in [-0.15, -0.1) is 0 Å². The Balaban J connectivity index is 2.20. The van der Waals surface area contributed by atoms with Gasteiger partial charge in [-0.2, -0.15) is 13.2 Å². The fourth-order valence-electron chi connectivity index (χ4n) is 4.55.